The molecule has 4 aliphatic rings. The lowest BCUT2D eigenvalue weighted by Crippen LogP contribution is -2.65. The van der Waals surface area contributed by atoms with Gasteiger partial charge in [-0.25, -0.2) is 0 Å². The summed E-state index contributed by atoms with van der Waals surface area (Å²) in [6, 6.07) is 0. The van der Waals surface area contributed by atoms with Crippen molar-refractivity contribution >= 4 is 5.91 Å². The van der Waals surface area contributed by atoms with Crippen LogP contribution >= 0.6 is 0 Å². The average molecular weight is 208 g/mol. The van der Waals surface area contributed by atoms with Crippen molar-refractivity contribution in [2.24, 2.45) is 11.8 Å². The standard InChI is InChI=1S/C12H18NO2/c1-8(14)13-11-3-9-2-10(4-11)6-12(15,5-9)7-11/h9-10,15H,1-7H2,(H,13,14)/t9-,10?,11?,12?/m0/s1. The normalized spacial score (nSPS) is 51.9. The summed E-state index contributed by atoms with van der Waals surface area (Å²) in [4.78, 5) is 11.1. The van der Waals surface area contributed by atoms with Gasteiger partial charge in [0.1, 0.15) is 0 Å². The Bertz CT molecular complexity index is 299. The highest BCUT2D eigenvalue weighted by Crippen LogP contribution is 2.57. The van der Waals surface area contributed by atoms with Crippen LogP contribution in [0, 0.1) is 18.8 Å². The minimum Gasteiger partial charge on any atom is -0.390 e. The van der Waals surface area contributed by atoms with Gasteiger partial charge in [0.2, 0.25) is 5.91 Å². The molecule has 3 nitrogen and oxygen atoms in total. The fourth-order valence-electron chi connectivity index (χ4n) is 4.66. The molecule has 4 fully saturated rings. The molecule has 1 amide bonds. The first-order valence-electron chi connectivity index (χ1n) is 5.85. The van der Waals surface area contributed by atoms with Crippen LogP contribution in [-0.2, 0) is 4.79 Å². The Kier molecular flexibility index (Phi) is 1.77. The summed E-state index contributed by atoms with van der Waals surface area (Å²) in [6.45, 7) is 3.41. The highest BCUT2D eigenvalue weighted by molar-refractivity contribution is 5.80. The quantitative estimate of drug-likeness (QED) is 0.676. The van der Waals surface area contributed by atoms with E-state index in [0.717, 1.165) is 32.1 Å². The number of hydrogen-bond acceptors (Lipinski definition) is 2. The van der Waals surface area contributed by atoms with Gasteiger partial charge in [0.05, 0.1) is 5.60 Å². The van der Waals surface area contributed by atoms with E-state index in [1.807, 2.05) is 0 Å². The third kappa shape index (κ3) is 1.48. The maximum atomic E-state index is 11.1. The van der Waals surface area contributed by atoms with Gasteiger partial charge in [-0.05, 0) is 50.4 Å². The molecule has 0 heterocycles. The van der Waals surface area contributed by atoms with Crippen molar-refractivity contribution in [3.8, 4) is 0 Å². The van der Waals surface area contributed by atoms with Crippen molar-refractivity contribution < 1.29 is 9.90 Å². The van der Waals surface area contributed by atoms with Crippen LogP contribution in [0.25, 0.3) is 0 Å². The molecule has 2 N–H and O–H groups in total. The molecule has 15 heavy (non-hydrogen) atoms. The summed E-state index contributed by atoms with van der Waals surface area (Å²) < 4.78 is 0. The fraction of sp³-hybridized carbons (Fsp3) is 0.833. The number of carbonyl (C=O) groups is 1. The molecule has 0 aromatic heterocycles. The molecular weight excluding hydrogens is 190 g/mol. The molecule has 4 atom stereocenters. The Hall–Kier alpha value is -0.570. The van der Waals surface area contributed by atoms with Crippen LogP contribution in [0.4, 0.5) is 0 Å². The molecular formula is C12H18NO2. The molecule has 0 aromatic rings. The average Bonchev–Trinajstić information content (AvgIpc) is 1.94. The molecule has 0 aromatic carbocycles. The maximum Gasteiger partial charge on any atom is 0.220 e. The van der Waals surface area contributed by atoms with Gasteiger partial charge in [-0.2, -0.15) is 0 Å². The second-order valence-corrected chi connectivity index (χ2v) is 6.01. The number of aliphatic hydroxyl groups is 1. The molecule has 4 saturated carbocycles. The van der Waals surface area contributed by atoms with Crippen molar-refractivity contribution in [1.82, 2.24) is 5.32 Å². The van der Waals surface area contributed by atoms with E-state index in [-0.39, 0.29) is 11.4 Å². The van der Waals surface area contributed by atoms with E-state index in [4.69, 9.17) is 0 Å². The van der Waals surface area contributed by atoms with Crippen LogP contribution in [-0.4, -0.2) is 22.2 Å². The Morgan fingerprint density at radius 1 is 1.27 bits per heavy atom. The summed E-state index contributed by atoms with van der Waals surface area (Å²) in [6.07, 6.45) is 5.97. The molecule has 0 aliphatic heterocycles. The van der Waals surface area contributed by atoms with Crippen molar-refractivity contribution in [3.05, 3.63) is 6.92 Å². The molecule has 3 heteroatoms. The lowest BCUT2D eigenvalue weighted by atomic mass is 9.51. The SMILES string of the molecule is [CH2]C(=O)NC12CC3C[C@H](CC(O)(C3)C1)C2. The highest BCUT2D eigenvalue weighted by Gasteiger charge is 2.57. The molecule has 0 saturated heterocycles. The second kappa shape index (κ2) is 2.76. The number of nitrogens with one attached hydrogen (secondary N) is 1. The topological polar surface area (TPSA) is 49.3 Å². The van der Waals surface area contributed by atoms with E-state index < -0.39 is 5.60 Å². The summed E-state index contributed by atoms with van der Waals surface area (Å²) in [5, 5.41) is 13.4. The monoisotopic (exact) mass is 208 g/mol. The molecule has 4 aliphatic carbocycles. The molecule has 1 radical (unpaired) electrons. The van der Waals surface area contributed by atoms with Crippen LogP contribution in [0.15, 0.2) is 0 Å². The van der Waals surface area contributed by atoms with E-state index in [1.165, 1.54) is 6.42 Å². The van der Waals surface area contributed by atoms with Gasteiger partial charge in [-0.15, -0.1) is 0 Å². The lowest BCUT2D eigenvalue weighted by molar-refractivity contribution is -0.149. The molecule has 83 valence electrons. The predicted octanol–water partition coefficient (Wildman–Crippen LogP) is 1.02. The lowest BCUT2D eigenvalue weighted by Gasteiger charge is -2.60. The van der Waals surface area contributed by atoms with Crippen LogP contribution in [0.2, 0.25) is 0 Å². The van der Waals surface area contributed by atoms with E-state index >= 15 is 0 Å². The van der Waals surface area contributed by atoms with Crippen molar-refractivity contribution in [1.29, 1.82) is 0 Å². The van der Waals surface area contributed by atoms with Gasteiger partial charge >= 0.3 is 0 Å². The minimum absolute atomic E-state index is 0.127. The number of rotatable bonds is 1. The Balaban J connectivity index is 1.89. The number of carbonyl (C=O) groups excluding carboxylic acids is 1. The van der Waals surface area contributed by atoms with E-state index in [1.54, 1.807) is 0 Å². The minimum atomic E-state index is -0.494. The largest absolute Gasteiger partial charge is 0.390 e. The zero-order valence-corrected chi connectivity index (χ0v) is 8.96. The van der Waals surface area contributed by atoms with Crippen LogP contribution < -0.4 is 5.32 Å². The van der Waals surface area contributed by atoms with Crippen molar-refractivity contribution in [2.75, 3.05) is 0 Å². The van der Waals surface area contributed by atoms with Gasteiger partial charge in [0.15, 0.2) is 0 Å². The summed E-state index contributed by atoms with van der Waals surface area (Å²) in [7, 11) is 0. The Labute approximate surface area is 90.2 Å². The van der Waals surface area contributed by atoms with Crippen molar-refractivity contribution in [2.45, 2.75) is 49.7 Å². The highest BCUT2D eigenvalue weighted by atomic mass is 16.3. The first-order chi connectivity index (χ1) is 6.99. The first-order valence-corrected chi connectivity index (χ1v) is 5.85. The van der Waals surface area contributed by atoms with Gasteiger partial charge in [-0.1, -0.05) is 0 Å². The summed E-state index contributed by atoms with van der Waals surface area (Å²) in [5.41, 5.74) is -0.621. The summed E-state index contributed by atoms with van der Waals surface area (Å²) >= 11 is 0. The van der Waals surface area contributed by atoms with Crippen LogP contribution in [0.3, 0.4) is 0 Å². The van der Waals surface area contributed by atoms with Gasteiger partial charge in [0.25, 0.3) is 0 Å². The van der Waals surface area contributed by atoms with E-state index in [9.17, 15) is 9.90 Å². The van der Waals surface area contributed by atoms with Gasteiger partial charge in [-0.3, -0.25) is 4.79 Å². The van der Waals surface area contributed by atoms with Crippen molar-refractivity contribution in [3.63, 3.8) is 0 Å². The first kappa shape index (κ1) is 9.64. The molecule has 4 rings (SSSR count). The zero-order valence-electron chi connectivity index (χ0n) is 8.96. The predicted molar refractivity (Wildman–Crippen MR) is 55.9 cm³/mol. The number of hydrogen-bond donors (Lipinski definition) is 2. The third-order valence-corrected chi connectivity index (χ3v) is 4.43. The second-order valence-electron chi connectivity index (χ2n) is 6.01. The fourth-order valence-corrected chi connectivity index (χ4v) is 4.66. The molecule has 4 bridgehead atoms. The maximum absolute atomic E-state index is 11.1. The molecule has 3 unspecified atom stereocenters. The van der Waals surface area contributed by atoms with Gasteiger partial charge in [0, 0.05) is 12.5 Å². The third-order valence-electron chi connectivity index (χ3n) is 4.43. The van der Waals surface area contributed by atoms with Crippen LogP contribution in [0.5, 0.6) is 0 Å². The summed E-state index contributed by atoms with van der Waals surface area (Å²) in [5.74, 6) is 1.03. The van der Waals surface area contributed by atoms with Gasteiger partial charge < -0.3 is 10.4 Å². The zero-order chi connectivity index (χ0) is 10.7. The smallest absolute Gasteiger partial charge is 0.220 e. The van der Waals surface area contributed by atoms with E-state index in [2.05, 4.69) is 12.2 Å². The Morgan fingerprint density at radius 2 is 1.87 bits per heavy atom. The van der Waals surface area contributed by atoms with Crippen LogP contribution in [0.1, 0.15) is 38.5 Å². The van der Waals surface area contributed by atoms with E-state index in [0.29, 0.717) is 11.8 Å². The number of amides is 1. The molecule has 0 spiro atoms. The Morgan fingerprint density at radius 3 is 2.33 bits per heavy atom.